The lowest BCUT2D eigenvalue weighted by Gasteiger charge is -2.08. The normalized spacial score (nSPS) is 18.6. The molecule has 0 aromatic rings. The van der Waals surface area contributed by atoms with Crippen LogP contribution in [-0.4, -0.2) is 41.8 Å². The molecule has 0 atom stereocenters. The molecule has 1 rings (SSSR count). The maximum absolute atomic E-state index is 11.0. The number of esters is 1. The van der Waals surface area contributed by atoms with Crippen molar-refractivity contribution < 1.29 is 19.4 Å². The summed E-state index contributed by atoms with van der Waals surface area (Å²) in [7, 11) is 0. The molecule has 1 saturated heterocycles. The molecule has 1 heterocycles. The highest BCUT2D eigenvalue weighted by Crippen LogP contribution is 2.14. The summed E-state index contributed by atoms with van der Waals surface area (Å²) < 4.78 is 4.72. The summed E-state index contributed by atoms with van der Waals surface area (Å²) in [4.78, 5) is 22.8. The molecule has 1 fully saturated rings. The molecule has 0 unspecified atom stereocenters. The number of likely N-dealkylation sites (tertiary alicyclic amines) is 1. The molecule has 0 spiro atoms. The largest absolute Gasteiger partial charge is 0.465 e. The first-order chi connectivity index (χ1) is 6.63. The quantitative estimate of drug-likeness (QED) is 0.529. The molecule has 5 nitrogen and oxygen atoms in total. The molecular formula is C9H13NO4. The Morgan fingerprint density at radius 1 is 1.64 bits per heavy atom. The van der Waals surface area contributed by atoms with Crippen LogP contribution in [0.25, 0.3) is 0 Å². The minimum absolute atomic E-state index is 0.314. The van der Waals surface area contributed by atoms with E-state index in [-0.39, 0.29) is 0 Å². The summed E-state index contributed by atoms with van der Waals surface area (Å²) in [5.41, 5.74) is 0.811. The minimum atomic E-state index is -0.947. The van der Waals surface area contributed by atoms with Crippen LogP contribution in [0.15, 0.2) is 11.6 Å². The zero-order chi connectivity index (χ0) is 10.6. The first-order valence-electron chi connectivity index (χ1n) is 4.47. The first kappa shape index (κ1) is 10.6. The van der Waals surface area contributed by atoms with Gasteiger partial charge in [-0.2, -0.15) is 0 Å². The third-order valence-electron chi connectivity index (χ3n) is 1.98. The van der Waals surface area contributed by atoms with Gasteiger partial charge in [-0.05, 0) is 18.9 Å². The Morgan fingerprint density at radius 2 is 2.36 bits per heavy atom. The number of carboxylic acid groups (broad SMARTS) is 1. The molecule has 0 radical (unpaired) electrons. The SMILES string of the molecule is CCOC(=O)/C=C1\CCN(C(=O)O)C1. The lowest BCUT2D eigenvalue weighted by atomic mass is 10.2. The number of ether oxygens (including phenoxy) is 1. The first-order valence-corrected chi connectivity index (χ1v) is 4.47. The van der Waals surface area contributed by atoms with Gasteiger partial charge in [0.15, 0.2) is 0 Å². The van der Waals surface area contributed by atoms with Gasteiger partial charge in [0.05, 0.1) is 6.61 Å². The molecule has 0 aliphatic carbocycles. The predicted octanol–water partition coefficient (Wildman–Crippen LogP) is 0.860. The van der Waals surface area contributed by atoms with E-state index in [0.717, 1.165) is 5.57 Å². The molecule has 1 N–H and O–H groups in total. The van der Waals surface area contributed by atoms with Crippen LogP contribution in [0.4, 0.5) is 4.79 Å². The Kier molecular flexibility index (Phi) is 3.50. The Hall–Kier alpha value is -1.52. The second-order valence-electron chi connectivity index (χ2n) is 3.01. The molecule has 78 valence electrons. The van der Waals surface area contributed by atoms with Crippen molar-refractivity contribution in [2.45, 2.75) is 13.3 Å². The number of hydrogen-bond acceptors (Lipinski definition) is 3. The third-order valence-corrected chi connectivity index (χ3v) is 1.98. The van der Waals surface area contributed by atoms with E-state index in [0.29, 0.717) is 26.1 Å². The lowest BCUT2D eigenvalue weighted by molar-refractivity contribution is -0.137. The van der Waals surface area contributed by atoms with Crippen LogP contribution in [0.1, 0.15) is 13.3 Å². The van der Waals surface area contributed by atoms with Crippen molar-refractivity contribution in [1.29, 1.82) is 0 Å². The van der Waals surface area contributed by atoms with Gasteiger partial charge in [0, 0.05) is 19.2 Å². The Bertz CT molecular complexity index is 272. The van der Waals surface area contributed by atoms with E-state index in [1.165, 1.54) is 11.0 Å². The van der Waals surface area contributed by atoms with E-state index in [1.807, 2.05) is 0 Å². The molecule has 0 bridgehead atoms. The van der Waals surface area contributed by atoms with Crippen LogP contribution in [0.2, 0.25) is 0 Å². The van der Waals surface area contributed by atoms with Crippen LogP contribution in [-0.2, 0) is 9.53 Å². The molecule has 0 aromatic heterocycles. The van der Waals surface area contributed by atoms with E-state index in [4.69, 9.17) is 9.84 Å². The molecule has 1 amide bonds. The van der Waals surface area contributed by atoms with Gasteiger partial charge in [-0.1, -0.05) is 0 Å². The van der Waals surface area contributed by atoms with Crippen LogP contribution in [0, 0.1) is 0 Å². The third kappa shape index (κ3) is 2.76. The predicted molar refractivity (Wildman–Crippen MR) is 48.9 cm³/mol. The zero-order valence-electron chi connectivity index (χ0n) is 8.02. The highest BCUT2D eigenvalue weighted by molar-refractivity contribution is 5.83. The van der Waals surface area contributed by atoms with Crippen molar-refractivity contribution in [1.82, 2.24) is 4.90 Å². The van der Waals surface area contributed by atoms with E-state index in [9.17, 15) is 9.59 Å². The summed E-state index contributed by atoms with van der Waals surface area (Å²) >= 11 is 0. The van der Waals surface area contributed by atoms with Crippen molar-refractivity contribution in [3.8, 4) is 0 Å². The number of hydrogen-bond donors (Lipinski definition) is 1. The molecule has 0 saturated carbocycles. The number of nitrogens with zero attached hydrogens (tertiary/aromatic N) is 1. The van der Waals surface area contributed by atoms with Crippen molar-refractivity contribution in [3.63, 3.8) is 0 Å². The van der Waals surface area contributed by atoms with Crippen LogP contribution in [0.5, 0.6) is 0 Å². The molecule has 1 aliphatic heterocycles. The number of amides is 1. The van der Waals surface area contributed by atoms with E-state index >= 15 is 0 Å². The smallest absolute Gasteiger partial charge is 0.407 e. The molecular weight excluding hydrogens is 186 g/mol. The number of rotatable bonds is 2. The fourth-order valence-electron chi connectivity index (χ4n) is 1.31. The summed E-state index contributed by atoms with van der Waals surface area (Å²) in [6.07, 6.45) is 1.05. The zero-order valence-corrected chi connectivity index (χ0v) is 8.02. The van der Waals surface area contributed by atoms with E-state index < -0.39 is 12.1 Å². The van der Waals surface area contributed by atoms with Gasteiger partial charge in [-0.15, -0.1) is 0 Å². The standard InChI is InChI=1S/C9H13NO4/c1-2-14-8(11)5-7-3-4-10(6-7)9(12)13/h5H,2-4,6H2,1H3,(H,12,13)/b7-5+. The molecule has 1 aliphatic rings. The summed E-state index contributed by atoms with van der Waals surface area (Å²) in [5, 5.41) is 8.65. The second kappa shape index (κ2) is 4.64. The molecule has 14 heavy (non-hydrogen) atoms. The van der Waals surface area contributed by atoms with Crippen molar-refractivity contribution >= 4 is 12.1 Å². The highest BCUT2D eigenvalue weighted by Gasteiger charge is 2.21. The average Bonchev–Trinajstić information content (AvgIpc) is 2.53. The van der Waals surface area contributed by atoms with E-state index in [2.05, 4.69) is 0 Å². The summed E-state index contributed by atoms with van der Waals surface area (Å²) in [6.45, 7) is 2.84. The van der Waals surface area contributed by atoms with Crippen molar-refractivity contribution in [3.05, 3.63) is 11.6 Å². The lowest BCUT2D eigenvalue weighted by Crippen LogP contribution is -2.25. The summed E-state index contributed by atoms with van der Waals surface area (Å²) in [5.74, 6) is -0.394. The second-order valence-corrected chi connectivity index (χ2v) is 3.01. The van der Waals surface area contributed by atoms with Gasteiger partial charge >= 0.3 is 12.1 Å². The maximum Gasteiger partial charge on any atom is 0.407 e. The van der Waals surface area contributed by atoms with Crippen molar-refractivity contribution in [2.24, 2.45) is 0 Å². The fraction of sp³-hybridized carbons (Fsp3) is 0.556. The average molecular weight is 199 g/mol. The highest BCUT2D eigenvalue weighted by atomic mass is 16.5. The van der Waals surface area contributed by atoms with Gasteiger partial charge in [-0.25, -0.2) is 9.59 Å². The number of carbonyl (C=O) groups is 2. The minimum Gasteiger partial charge on any atom is -0.465 e. The summed E-state index contributed by atoms with van der Waals surface area (Å²) in [6, 6.07) is 0. The Balaban J connectivity index is 2.48. The molecule has 5 heteroatoms. The molecule has 0 aromatic carbocycles. The topological polar surface area (TPSA) is 66.8 Å². The van der Waals surface area contributed by atoms with Crippen molar-refractivity contribution in [2.75, 3.05) is 19.7 Å². The fourth-order valence-corrected chi connectivity index (χ4v) is 1.31. The number of carbonyl (C=O) groups excluding carboxylic acids is 1. The van der Waals surface area contributed by atoms with Crippen LogP contribution >= 0.6 is 0 Å². The van der Waals surface area contributed by atoms with Gasteiger partial charge in [0.25, 0.3) is 0 Å². The van der Waals surface area contributed by atoms with E-state index in [1.54, 1.807) is 6.92 Å². The van der Waals surface area contributed by atoms with Gasteiger partial charge in [0.2, 0.25) is 0 Å². The van der Waals surface area contributed by atoms with Gasteiger partial charge in [0.1, 0.15) is 0 Å². The van der Waals surface area contributed by atoms with Crippen LogP contribution in [0.3, 0.4) is 0 Å². The van der Waals surface area contributed by atoms with Crippen LogP contribution < -0.4 is 0 Å². The maximum atomic E-state index is 11.0. The monoisotopic (exact) mass is 199 g/mol. The van der Waals surface area contributed by atoms with Gasteiger partial charge in [-0.3, -0.25) is 0 Å². The van der Waals surface area contributed by atoms with Gasteiger partial charge < -0.3 is 14.7 Å². The Labute approximate surface area is 82.0 Å². The Morgan fingerprint density at radius 3 is 2.86 bits per heavy atom.